The minimum absolute atomic E-state index is 0.456. The lowest BCUT2D eigenvalue weighted by Crippen LogP contribution is -1.93. The van der Waals surface area contributed by atoms with Crippen LogP contribution in [0, 0.1) is 0 Å². The van der Waals surface area contributed by atoms with Gasteiger partial charge in [-0.3, -0.25) is 4.79 Å². The van der Waals surface area contributed by atoms with Gasteiger partial charge in [-0.1, -0.05) is 0 Å². The first-order valence-corrected chi connectivity index (χ1v) is 4.55. The molecule has 0 atom stereocenters. The number of rotatable bonds is 2. The molecule has 58 valence electrons. The zero-order valence-corrected chi connectivity index (χ0v) is 7.45. The highest BCUT2D eigenvalue weighted by atomic mass is 35.5. The molecule has 0 amide bonds. The highest BCUT2D eigenvalue weighted by molar-refractivity contribution is 7.98. The fraction of sp³-hybridized carbons (Fsp3) is 0.143. The summed E-state index contributed by atoms with van der Waals surface area (Å²) in [5, 5.41) is 0.218. The topological polar surface area (TPSA) is 30.0 Å². The molecule has 0 fully saturated rings. The highest BCUT2D eigenvalue weighted by Crippen LogP contribution is 2.17. The predicted molar refractivity (Wildman–Crippen MR) is 46.2 cm³/mol. The van der Waals surface area contributed by atoms with E-state index in [1.165, 1.54) is 11.8 Å². The van der Waals surface area contributed by atoms with Gasteiger partial charge in [-0.2, -0.15) is 0 Å². The van der Waals surface area contributed by atoms with Gasteiger partial charge in [-0.15, -0.1) is 11.8 Å². The number of aromatic nitrogens is 1. The molecule has 0 N–H and O–H groups in total. The Bertz CT molecular complexity index is 277. The number of nitrogens with zero attached hydrogens (tertiary/aromatic N) is 1. The normalized spacial score (nSPS) is 9.64. The lowest BCUT2D eigenvalue weighted by Gasteiger charge is -1.98. The number of hydrogen-bond donors (Lipinski definition) is 0. The molecule has 11 heavy (non-hydrogen) atoms. The van der Waals surface area contributed by atoms with Gasteiger partial charge in [0, 0.05) is 6.20 Å². The van der Waals surface area contributed by atoms with Crippen molar-refractivity contribution >= 4 is 28.6 Å². The number of thioether (sulfide) groups is 1. The van der Waals surface area contributed by atoms with Crippen molar-refractivity contribution in [3.8, 4) is 0 Å². The van der Waals surface area contributed by atoms with E-state index in [1.807, 2.05) is 6.26 Å². The Labute approximate surface area is 74.0 Å². The lowest BCUT2D eigenvalue weighted by molar-refractivity contribution is 0.107. The van der Waals surface area contributed by atoms with Crippen LogP contribution in [0.3, 0.4) is 0 Å². The summed E-state index contributed by atoms with van der Waals surface area (Å²) in [6.45, 7) is 0. The summed E-state index contributed by atoms with van der Waals surface area (Å²) in [5.41, 5.74) is 0.474. The van der Waals surface area contributed by atoms with Crippen molar-refractivity contribution in [1.29, 1.82) is 0 Å². The van der Waals surface area contributed by atoms with E-state index < -0.39 is 5.24 Å². The van der Waals surface area contributed by atoms with E-state index in [1.54, 1.807) is 18.3 Å². The van der Waals surface area contributed by atoms with Crippen molar-refractivity contribution in [2.24, 2.45) is 0 Å². The molecule has 0 spiro atoms. The SMILES string of the molecule is CSc1ncccc1C(=O)Cl. The van der Waals surface area contributed by atoms with Gasteiger partial charge in [-0.25, -0.2) is 4.98 Å². The Balaban J connectivity index is 3.12. The number of hydrogen-bond acceptors (Lipinski definition) is 3. The predicted octanol–water partition coefficient (Wildman–Crippen LogP) is 2.18. The number of carbonyl (C=O) groups is 1. The van der Waals surface area contributed by atoms with Gasteiger partial charge in [0.2, 0.25) is 0 Å². The molecular formula is C7H6ClNOS. The van der Waals surface area contributed by atoms with E-state index in [4.69, 9.17) is 11.6 Å². The van der Waals surface area contributed by atoms with Crippen molar-refractivity contribution in [2.45, 2.75) is 5.03 Å². The zero-order chi connectivity index (χ0) is 8.27. The molecule has 4 heteroatoms. The van der Waals surface area contributed by atoms with Gasteiger partial charge >= 0.3 is 0 Å². The lowest BCUT2D eigenvalue weighted by atomic mass is 10.3. The van der Waals surface area contributed by atoms with Gasteiger partial charge in [0.15, 0.2) is 0 Å². The van der Waals surface area contributed by atoms with Gasteiger partial charge in [-0.05, 0) is 30.0 Å². The first-order chi connectivity index (χ1) is 5.25. The first kappa shape index (κ1) is 8.56. The van der Waals surface area contributed by atoms with Crippen LogP contribution in [-0.4, -0.2) is 16.5 Å². The molecule has 0 radical (unpaired) electrons. The van der Waals surface area contributed by atoms with E-state index >= 15 is 0 Å². The number of halogens is 1. The van der Waals surface area contributed by atoms with E-state index in [0.29, 0.717) is 10.6 Å². The Morgan fingerprint density at radius 2 is 2.45 bits per heavy atom. The van der Waals surface area contributed by atoms with Crippen molar-refractivity contribution in [1.82, 2.24) is 4.98 Å². The second-order valence-corrected chi connectivity index (χ2v) is 2.97. The van der Waals surface area contributed by atoms with E-state index in [-0.39, 0.29) is 0 Å². The first-order valence-electron chi connectivity index (χ1n) is 2.94. The van der Waals surface area contributed by atoms with Crippen molar-refractivity contribution in [3.63, 3.8) is 0 Å². The molecule has 0 bridgehead atoms. The summed E-state index contributed by atoms with van der Waals surface area (Å²) in [6.07, 6.45) is 3.49. The molecule has 0 saturated carbocycles. The Hall–Kier alpha value is -0.540. The summed E-state index contributed by atoms with van der Waals surface area (Å²) in [7, 11) is 0. The second kappa shape index (κ2) is 3.74. The third-order valence-corrected chi connectivity index (χ3v) is 2.09. The van der Waals surface area contributed by atoms with Crippen LogP contribution in [0.15, 0.2) is 23.4 Å². The van der Waals surface area contributed by atoms with Crippen molar-refractivity contribution in [2.75, 3.05) is 6.26 Å². The molecular weight excluding hydrogens is 182 g/mol. The second-order valence-electron chi connectivity index (χ2n) is 1.83. The monoisotopic (exact) mass is 187 g/mol. The molecule has 1 rings (SSSR count). The number of carbonyl (C=O) groups excluding carboxylic acids is 1. The number of pyridine rings is 1. The largest absolute Gasteiger partial charge is 0.276 e. The molecule has 1 heterocycles. The van der Waals surface area contributed by atoms with Crippen LogP contribution in [0.25, 0.3) is 0 Å². The Morgan fingerprint density at radius 3 is 2.91 bits per heavy atom. The minimum Gasteiger partial charge on any atom is -0.276 e. The van der Waals surface area contributed by atoms with Crippen LogP contribution in [0.1, 0.15) is 10.4 Å². The van der Waals surface area contributed by atoms with Crippen LogP contribution in [0.4, 0.5) is 0 Å². The third-order valence-electron chi connectivity index (χ3n) is 1.18. The van der Waals surface area contributed by atoms with Crippen LogP contribution in [0.5, 0.6) is 0 Å². The van der Waals surface area contributed by atoms with Gasteiger partial charge in [0.05, 0.1) is 5.56 Å². The van der Waals surface area contributed by atoms with Gasteiger partial charge < -0.3 is 0 Å². The van der Waals surface area contributed by atoms with Crippen LogP contribution >= 0.6 is 23.4 Å². The highest BCUT2D eigenvalue weighted by Gasteiger charge is 2.07. The van der Waals surface area contributed by atoms with Gasteiger partial charge in [0.1, 0.15) is 5.03 Å². The summed E-state index contributed by atoms with van der Waals surface area (Å²) < 4.78 is 0. The van der Waals surface area contributed by atoms with E-state index in [0.717, 1.165) is 0 Å². The fourth-order valence-corrected chi connectivity index (χ4v) is 1.46. The smallest absolute Gasteiger partial charge is 0.255 e. The molecule has 1 aromatic heterocycles. The summed E-state index contributed by atoms with van der Waals surface area (Å²) in [6, 6.07) is 3.35. The average Bonchev–Trinajstić information content (AvgIpc) is 2.04. The molecule has 0 aliphatic rings. The molecule has 0 unspecified atom stereocenters. The molecule has 0 aliphatic carbocycles. The molecule has 0 aromatic carbocycles. The van der Waals surface area contributed by atoms with E-state index in [2.05, 4.69) is 4.98 Å². The molecule has 0 saturated heterocycles. The van der Waals surface area contributed by atoms with Crippen LogP contribution in [-0.2, 0) is 0 Å². The zero-order valence-electron chi connectivity index (χ0n) is 5.87. The average molecular weight is 188 g/mol. The maximum Gasteiger partial charge on any atom is 0.255 e. The Kier molecular flexibility index (Phi) is 2.91. The summed E-state index contributed by atoms with van der Waals surface area (Å²) >= 11 is 6.70. The van der Waals surface area contributed by atoms with Crippen LogP contribution < -0.4 is 0 Å². The maximum absolute atomic E-state index is 10.7. The molecule has 1 aromatic rings. The standard InChI is InChI=1S/C7H6ClNOS/c1-11-7-5(6(8)10)3-2-4-9-7/h2-4H,1H3. The van der Waals surface area contributed by atoms with E-state index in [9.17, 15) is 4.79 Å². The quantitative estimate of drug-likeness (QED) is 0.525. The van der Waals surface area contributed by atoms with Crippen molar-refractivity contribution < 1.29 is 4.79 Å². The molecule has 2 nitrogen and oxygen atoms in total. The minimum atomic E-state index is -0.456. The fourth-order valence-electron chi connectivity index (χ4n) is 0.703. The van der Waals surface area contributed by atoms with Crippen molar-refractivity contribution in [3.05, 3.63) is 23.9 Å². The summed E-state index contributed by atoms with van der Waals surface area (Å²) in [5.74, 6) is 0. The van der Waals surface area contributed by atoms with Crippen LogP contribution in [0.2, 0.25) is 0 Å². The Morgan fingerprint density at radius 1 is 1.73 bits per heavy atom. The summed E-state index contributed by atoms with van der Waals surface area (Å²) in [4.78, 5) is 14.7. The third kappa shape index (κ3) is 1.94. The maximum atomic E-state index is 10.7. The molecule has 0 aliphatic heterocycles. The van der Waals surface area contributed by atoms with Gasteiger partial charge in [0.25, 0.3) is 5.24 Å².